The van der Waals surface area contributed by atoms with Gasteiger partial charge in [-0.25, -0.2) is 9.31 Å². The zero-order chi connectivity index (χ0) is 28.9. The molecule has 0 radical (unpaired) electrons. The third kappa shape index (κ3) is 5.86. The van der Waals surface area contributed by atoms with Crippen LogP contribution in [0.3, 0.4) is 0 Å². The first-order valence-corrected chi connectivity index (χ1v) is 12.4. The number of methoxy groups -OCH3 is 1. The Hall–Kier alpha value is -6.02. The van der Waals surface area contributed by atoms with E-state index in [9.17, 15) is 14.9 Å². The van der Waals surface area contributed by atoms with Crippen LogP contribution in [-0.2, 0) is 0 Å². The normalized spacial score (nSPS) is 10.5. The lowest BCUT2D eigenvalue weighted by atomic mass is 10.1. The first-order valence-electron chi connectivity index (χ1n) is 12.4. The van der Waals surface area contributed by atoms with Gasteiger partial charge in [0.1, 0.15) is 23.3 Å². The van der Waals surface area contributed by atoms with Gasteiger partial charge in [0, 0.05) is 28.6 Å². The molecule has 0 atom stereocenters. The van der Waals surface area contributed by atoms with Gasteiger partial charge in [0.05, 0.1) is 42.0 Å². The van der Waals surface area contributed by atoms with Crippen LogP contribution in [0.4, 0.5) is 27.5 Å². The van der Waals surface area contributed by atoms with E-state index < -0.39 is 11.9 Å². The van der Waals surface area contributed by atoms with Crippen LogP contribution in [0.5, 0.6) is 17.2 Å². The van der Waals surface area contributed by atoms with Crippen molar-refractivity contribution in [3.63, 3.8) is 0 Å². The number of hydrogen-bond donors (Lipinski definition) is 4. The minimum atomic E-state index is -0.726. The van der Waals surface area contributed by atoms with E-state index in [2.05, 4.69) is 27.1 Å². The molecule has 0 spiro atoms. The monoisotopic (exact) mass is 547 g/mol. The van der Waals surface area contributed by atoms with Crippen molar-refractivity contribution >= 4 is 40.2 Å². The predicted octanol–water partition coefficient (Wildman–Crippen LogP) is 5.80. The molecule has 5 aromatic rings. The van der Waals surface area contributed by atoms with Crippen molar-refractivity contribution in [1.82, 2.24) is 9.61 Å². The Kier molecular flexibility index (Phi) is 7.38. The molecule has 0 saturated carbocycles. The molecule has 11 heteroatoms. The van der Waals surface area contributed by atoms with Gasteiger partial charge < -0.3 is 31.2 Å². The molecule has 0 fully saturated rings. The number of nitrogens with two attached hydrogens (primary N) is 1. The number of nitrogens with zero attached hydrogens (tertiary/aromatic N) is 3. The molecular weight excluding hydrogens is 522 g/mol. The Bertz CT molecular complexity index is 1810. The largest absolute Gasteiger partial charge is 0.497 e. The summed E-state index contributed by atoms with van der Waals surface area (Å²) in [5.74, 6) is 1.57. The fourth-order valence-corrected chi connectivity index (χ4v) is 4.25. The maximum absolute atomic E-state index is 13.0. The van der Waals surface area contributed by atoms with E-state index in [1.807, 2.05) is 49.4 Å². The Morgan fingerprint density at radius 1 is 0.951 bits per heavy atom. The number of carbonyl (C=O) groups is 2. The van der Waals surface area contributed by atoms with E-state index in [0.29, 0.717) is 56.5 Å². The number of primary amides is 1. The lowest BCUT2D eigenvalue weighted by molar-refractivity contribution is 0.102. The number of benzene rings is 3. The molecule has 11 nitrogen and oxygen atoms in total. The Labute approximate surface area is 235 Å². The van der Waals surface area contributed by atoms with Gasteiger partial charge in [0.15, 0.2) is 0 Å². The summed E-state index contributed by atoms with van der Waals surface area (Å²) in [5.41, 5.74) is 9.33. The summed E-state index contributed by atoms with van der Waals surface area (Å²) >= 11 is 0. The topological polar surface area (TPSA) is 156 Å². The number of urea groups is 1. The van der Waals surface area contributed by atoms with E-state index in [-0.39, 0.29) is 0 Å². The summed E-state index contributed by atoms with van der Waals surface area (Å²) in [6.07, 6.45) is 3.13. The van der Waals surface area contributed by atoms with E-state index in [1.165, 1.54) is 12.3 Å². The zero-order valence-electron chi connectivity index (χ0n) is 22.1. The standard InChI is InChI=1S/C30H25N7O4/c1-18-26(36-29(38)19-5-3-6-22(13-19)35-30(32)39)17-37-28(18)27(20(15-31)16-33-37)34-21-9-11-23(12-10-21)41-25-8-4-7-24(14-25)40-2/h3-14,16-17,34H,1-2H3,(H,36,38)(H3,32,35,39). The summed E-state index contributed by atoms with van der Waals surface area (Å²) in [5, 5.41) is 22.8. The highest BCUT2D eigenvalue weighted by atomic mass is 16.5. The molecular formula is C30H25N7O4. The Morgan fingerprint density at radius 2 is 1.71 bits per heavy atom. The smallest absolute Gasteiger partial charge is 0.316 e. The first-order chi connectivity index (χ1) is 19.8. The summed E-state index contributed by atoms with van der Waals surface area (Å²) in [6.45, 7) is 1.83. The summed E-state index contributed by atoms with van der Waals surface area (Å²) in [6, 6.07) is 22.5. The van der Waals surface area contributed by atoms with Crippen LogP contribution < -0.4 is 31.2 Å². The highest BCUT2D eigenvalue weighted by molar-refractivity contribution is 6.06. The molecule has 41 heavy (non-hydrogen) atoms. The van der Waals surface area contributed by atoms with Gasteiger partial charge in [-0.2, -0.15) is 10.4 Å². The molecule has 0 saturated heterocycles. The number of hydrogen-bond acceptors (Lipinski definition) is 7. The molecule has 3 amide bonds. The molecule has 0 bridgehead atoms. The van der Waals surface area contributed by atoms with Gasteiger partial charge in [-0.15, -0.1) is 0 Å². The second-order valence-corrected chi connectivity index (χ2v) is 8.96. The van der Waals surface area contributed by atoms with Crippen LogP contribution in [-0.4, -0.2) is 28.7 Å². The number of rotatable bonds is 8. The lowest BCUT2D eigenvalue weighted by Crippen LogP contribution is -2.19. The van der Waals surface area contributed by atoms with E-state index >= 15 is 0 Å². The van der Waals surface area contributed by atoms with Crippen molar-refractivity contribution in [3.8, 4) is 23.3 Å². The van der Waals surface area contributed by atoms with Crippen LogP contribution in [0.1, 0.15) is 21.5 Å². The minimum Gasteiger partial charge on any atom is -0.497 e. The van der Waals surface area contributed by atoms with Crippen molar-refractivity contribution in [2.45, 2.75) is 6.92 Å². The lowest BCUT2D eigenvalue weighted by Gasteiger charge is -2.12. The quantitative estimate of drug-likeness (QED) is 0.191. The first kappa shape index (κ1) is 26.6. The number of amides is 3. The minimum absolute atomic E-state index is 0.325. The molecule has 5 N–H and O–H groups in total. The van der Waals surface area contributed by atoms with Crippen LogP contribution in [0.25, 0.3) is 5.52 Å². The Balaban J connectivity index is 1.40. The van der Waals surface area contributed by atoms with Gasteiger partial charge in [0.2, 0.25) is 0 Å². The van der Waals surface area contributed by atoms with Crippen molar-refractivity contribution < 1.29 is 19.1 Å². The van der Waals surface area contributed by atoms with Crippen LogP contribution >= 0.6 is 0 Å². The molecule has 0 aliphatic rings. The average molecular weight is 548 g/mol. The number of fused-ring (bicyclic) bond motifs is 1. The van der Waals surface area contributed by atoms with Gasteiger partial charge in [-0.1, -0.05) is 12.1 Å². The van der Waals surface area contributed by atoms with Gasteiger partial charge in [-0.05, 0) is 61.5 Å². The van der Waals surface area contributed by atoms with Crippen molar-refractivity contribution in [1.29, 1.82) is 5.26 Å². The summed E-state index contributed by atoms with van der Waals surface area (Å²) in [7, 11) is 1.60. The van der Waals surface area contributed by atoms with Gasteiger partial charge in [0.25, 0.3) is 5.91 Å². The molecule has 3 aromatic carbocycles. The maximum atomic E-state index is 13.0. The number of nitrogens with one attached hydrogen (secondary N) is 3. The number of ether oxygens (including phenoxy) is 2. The number of carbonyl (C=O) groups excluding carboxylic acids is 2. The highest BCUT2D eigenvalue weighted by Crippen LogP contribution is 2.33. The van der Waals surface area contributed by atoms with Gasteiger partial charge in [-0.3, -0.25) is 4.79 Å². The summed E-state index contributed by atoms with van der Waals surface area (Å²) in [4.78, 5) is 24.2. The van der Waals surface area contributed by atoms with Crippen LogP contribution in [0.15, 0.2) is 85.2 Å². The fourth-order valence-electron chi connectivity index (χ4n) is 4.25. The number of aryl methyl sites for hydroxylation is 1. The second kappa shape index (κ2) is 11.4. The molecule has 2 aromatic heterocycles. The predicted molar refractivity (Wildman–Crippen MR) is 155 cm³/mol. The van der Waals surface area contributed by atoms with E-state index in [1.54, 1.807) is 42.1 Å². The van der Waals surface area contributed by atoms with Gasteiger partial charge >= 0.3 is 6.03 Å². The van der Waals surface area contributed by atoms with Crippen LogP contribution in [0.2, 0.25) is 0 Å². The molecule has 5 rings (SSSR count). The van der Waals surface area contributed by atoms with Crippen molar-refractivity contribution in [3.05, 3.63) is 102 Å². The van der Waals surface area contributed by atoms with Crippen molar-refractivity contribution in [2.24, 2.45) is 5.73 Å². The zero-order valence-corrected chi connectivity index (χ0v) is 22.1. The molecule has 2 heterocycles. The molecule has 0 unspecified atom stereocenters. The van der Waals surface area contributed by atoms with E-state index in [0.717, 1.165) is 5.69 Å². The third-order valence-corrected chi connectivity index (χ3v) is 6.22. The SMILES string of the molecule is COc1cccc(Oc2ccc(Nc3c(C#N)cnn4cc(NC(=O)c5cccc(NC(N)=O)c5)c(C)c34)cc2)c1. The number of anilines is 4. The maximum Gasteiger partial charge on any atom is 0.316 e. The Morgan fingerprint density at radius 3 is 2.44 bits per heavy atom. The highest BCUT2D eigenvalue weighted by Gasteiger charge is 2.18. The van der Waals surface area contributed by atoms with E-state index in [4.69, 9.17) is 15.2 Å². The number of nitriles is 1. The van der Waals surface area contributed by atoms with Crippen LogP contribution in [0, 0.1) is 18.3 Å². The fraction of sp³-hybridized carbons (Fsp3) is 0.0667. The average Bonchev–Trinajstić information content (AvgIpc) is 3.29. The third-order valence-electron chi connectivity index (χ3n) is 6.22. The molecule has 0 aliphatic carbocycles. The number of aromatic nitrogens is 2. The van der Waals surface area contributed by atoms with Crippen molar-refractivity contribution in [2.75, 3.05) is 23.1 Å². The molecule has 204 valence electrons. The molecule has 0 aliphatic heterocycles. The summed E-state index contributed by atoms with van der Waals surface area (Å²) < 4.78 is 12.8. The second-order valence-electron chi connectivity index (χ2n) is 8.96.